The SMILES string of the molecule is C[C@@H](Nc1cccc(CN(C)Cc2cscn2)c1)[C@@H]1CCOC1. The van der Waals surface area contributed by atoms with E-state index in [2.05, 4.69) is 58.8 Å². The van der Waals surface area contributed by atoms with Gasteiger partial charge >= 0.3 is 0 Å². The van der Waals surface area contributed by atoms with Crippen LogP contribution in [-0.2, 0) is 17.8 Å². The van der Waals surface area contributed by atoms with E-state index in [1.807, 2.05) is 5.51 Å². The van der Waals surface area contributed by atoms with Crippen LogP contribution in [0.2, 0.25) is 0 Å². The largest absolute Gasteiger partial charge is 0.382 e. The molecule has 1 aromatic carbocycles. The molecule has 5 heteroatoms. The highest BCUT2D eigenvalue weighted by Crippen LogP contribution is 2.21. The quantitative estimate of drug-likeness (QED) is 0.841. The predicted molar refractivity (Wildman–Crippen MR) is 95.7 cm³/mol. The molecule has 2 heterocycles. The molecule has 0 radical (unpaired) electrons. The zero-order valence-electron chi connectivity index (χ0n) is 13.9. The van der Waals surface area contributed by atoms with Crippen molar-refractivity contribution in [1.82, 2.24) is 9.88 Å². The fraction of sp³-hybridized carbons (Fsp3) is 0.500. The minimum absolute atomic E-state index is 0.445. The van der Waals surface area contributed by atoms with E-state index < -0.39 is 0 Å². The Morgan fingerprint density at radius 1 is 1.43 bits per heavy atom. The third kappa shape index (κ3) is 4.77. The number of hydrogen-bond acceptors (Lipinski definition) is 5. The second-order valence-corrected chi connectivity index (χ2v) is 7.13. The molecule has 1 N–H and O–H groups in total. The lowest BCUT2D eigenvalue weighted by atomic mass is 10.0. The summed E-state index contributed by atoms with van der Waals surface area (Å²) in [6, 6.07) is 9.17. The zero-order valence-corrected chi connectivity index (χ0v) is 14.7. The van der Waals surface area contributed by atoms with Crippen LogP contribution in [0.15, 0.2) is 35.2 Å². The third-order valence-corrected chi connectivity index (χ3v) is 5.00. The number of ether oxygens (including phenoxy) is 1. The molecule has 1 saturated heterocycles. The Bertz CT molecular complexity index is 596. The lowest BCUT2D eigenvalue weighted by Gasteiger charge is -2.21. The normalized spacial score (nSPS) is 19.2. The van der Waals surface area contributed by atoms with E-state index in [0.717, 1.165) is 38.4 Å². The van der Waals surface area contributed by atoms with Crippen LogP contribution in [0.4, 0.5) is 5.69 Å². The van der Waals surface area contributed by atoms with Gasteiger partial charge < -0.3 is 10.1 Å². The van der Waals surface area contributed by atoms with E-state index in [1.54, 1.807) is 11.3 Å². The molecule has 1 aliphatic rings. The number of rotatable bonds is 7. The van der Waals surface area contributed by atoms with Crippen molar-refractivity contribution < 1.29 is 4.74 Å². The van der Waals surface area contributed by atoms with Crippen molar-refractivity contribution in [2.45, 2.75) is 32.5 Å². The molecule has 0 spiro atoms. The van der Waals surface area contributed by atoms with Crippen LogP contribution in [0.25, 0.3) is 0 Å². The maximum atomic E-state index is 5.49. The standard InChI is InChI=1S/C18H25N3OS/c1-14(16-6-7-22-11-16)20-17-5-3-4-15(8-17)9-21(2)10-18-12-23-13-19-18/h3-5,8,12-14,16,20H,6-7,9-11H2,1-2H3/t14-,16-/m1/s1. The Hall–Kier alpha value is -1.43. The van der Waals surface area contributed by atoms with Crippen LogP contribution in [-0.4, -0.2) is 36.2 Å². The molecule has 0 bridgehead atoms. The monoisotopic (exact) mass is 331 g/mol. The van der Waals surface area contributed by atoms with Gasteiger partial charge in [-0.05, 0) is 38.1 Å². The number of thiazole rings is 1. The van der Waals surface area contributed by atoms with Gasteiger partial charge in [0.15, 0.2) is 0 Å². The first kappa shape index (κ1) is 16.4. The Kier molecular flexibility index (Phi) is 5.65. The summed E-state index contributed by atoms with van der Waals surface area (Å²) in [5, 5.41) is 5.74. The van der Waals surface area contributed by atoms with Gasteiger partial charge in [-0.15, -0.1) is 11.3 Å². The molecule has 1 aromatic heterocycles. The van der Waals surface area contributed by atoms with Gasteiger partial charge in [-0.2, -0.15) is 0 Å². The van der Waals surface area contributed by atoms with Gasteiger partial charge in [0.1, 0.15) is 0 Å². The van der Waals surface area contributed by atoms with Gasteiger partial charge in [0, 0.05) is 42.7 Å². The van der Waals surface area contributed by atoms with E-state index in [-0.39, 0.29) is 0 Å². The Balaban J connectivity index is 1.56. The van der Waals surface area contributed by atoms with Crippen LogP contribution < -0.4 is 5.32 Å². The van der Waals surface area contributed by atoms with E-state index in [1.165, 1.54) is 11.3 Å². The number of anilines is 1. The Morgan fingerprint density at radius 2 is 2.35 bits per heavy atom. The van der Waals surface area contributed by atoms with Crippen molar-refractivity contribution in [3.8, 4) is 0 Å². The Labute approximate surface area is 142 Å². The molecule has 0 unspecified atom stereocenters. The van der Waals surface area contributed by atoms with Crippen molar-refractivity contribution in [3.63, 3.8) is 0 Å². The summed E-state index contributed by atoms with van der Waals surface area (Å²) < 4.78 is 5.49. The zero-order chi connectivity index (χ0) is 16.1. The lowest BCUT2D eigenvalue weighted by molar-refractivity contribution is 0.183. The fourth-order valence-electron chi connectivity index (χ4n) is 3.05. The molecule has 124 valence electrons. The summed E-state index contributed by atoms with van der Waals surface area (Å²) in [6.07, 6.45) is 1.16. The van der Waals surface area contributed by atoms with Crippen LogP contribution in [0.3, 0.4) is 0 Å². The summed E-state index contributed by atoms with van der Waals surface area (Å²) in [6.45, 7) is 5.84. The molecule has 4 nitrogen and oxygen atoms in total. The van der Waals surface area contributed by atoms with Gasteiger partial charge in [-0.25, -0.2) is 4.98 Å². The maximum absolute atomic E-state index is 5.49. The van der Waals surface area contributed by atoms with Crippen molar-refractivity contribution in [2.24, 2.45) is 5.92 Å². The minimum Gasteiger partial charge on any atom is -0.382 e. The predicted octanol–water partition coefficient (Wildman–Crippen LogP) is 3.61. The molecule has 0 saturated carbocycles. The van der Waals surface area contributed by atoms with Gasteiger partial charge in [0.05, 0.1) is 17.8 Å². The Morgan fingerprint density at radius 3 is 3.09 bits per heavy atom. The van der Waals surface area contributed by atoms with Crippen LogP contribution >= 0.6 is 11.3 Å². The van der Waals surface area contributed by atoms with Crippen molar-refractivity contribution in [3.05, 3.63) is 46.4 Å². The van der Waals surface area contributed by atoms with Gasteiger partial charge in [-0.1, -0.05) is 12.1 Å². The van der Waals surface area contributed by atoms with Gasteiger partial charge in [0.25, 0.3) is 0 Å². The third-order valence-electron chi connectivity index (χ3n) is 4.36. The molecular weight excluding hydrogens is 306 g/mol. The molecule has 3 rings (SSSR count). The van der Waals surface area contributed by atoms with E-state index >= 15 is 0 Å². The second kappa shape index (κ2) is 7.90. The number of nitrogens with one attached hydrogen (secondary N) is 1. The molecule has 1 aliphatic heterocycles. The van der Waals surface area contributed by atoms with Crippen LogP contribution in [0.5, 0.6) is 0 Å². The van der Waals surface area contributed by atoms with E-state index in [4.69, 9.17) is 4.74 Å². The maximum Gasteiger partial charge on any atom is 0.0795 e. The summed E-state index contributed by atoms with van der Waals surface area (Å²) in [5.74, 6) is 0.617. The number of aromatic nitrogens is 1. The molecule has 0 aliphatic carbocycles. The first-order valence-corrected chi connectivity index (χ1v) is 9.14. The smallest absolute Gasteiger partial charge is 0.0795 e. The summed E-state index contributed by atoms with van der Waals surface area (Å²) in [7, 11) is 2.14. The molecule has 1 fully saturated rings. The molecule has 2 atom stereocenters. The summed E-state index contributed by atoms with van der Waals surface area (Å²) >= 11 is 1.65. The van der Waals surface area contributed by atoms with E-state index in [0.29, 0.717) is 12.0 Å². The fourth-order valence-corrected chi connectivity index (χ4v) is 3.60. The highest BCUT2D eigenvalue weighted by molar-refractivity contribution is 7.07. The van der Waals surface area contributed by atoms with Crippen LogP contribution in [0, 0.1) is 5.92 Å². The molecular formula is C18H25N3OS. The first-order valence-electron chi connectivity index (χ1n) is 8.19. The highest BCUT2D eigenvalue weighted by atomic mass is 32.1. The number of hydrogen-bond donors (Lipinski definition) is 1. The van der Waals surface area contributed by atoms with Gasteiger partial charge in [-0.3, -0.25) is 4.90 Å². The second-order valence-electron chi connectivity index (χ2n) is 6.41. The number of benzene rings is 1. The number of nitrogens with zero attached hydrogens (tertiary/aromatic N) is 2. The van der Waals surface area contributed by atoms with Crippen molar-refractivity contribution in [2.75, 3.05) is 25.6 Å². The van der Waals surface area contributed by atoms with Crippen LogP contribution in [0.1, 0.15) is 24.6 Å². The first-order chi connectivity index (χ1) is 11.2. The molecule has 0 amide bonds. The van der Waals surface area contributed by atoms with Gasteiger partial charge in [0.2, 0.25) is 0 Å². The average molecular weight is 331 g/mol. The van der Waals surface area contributed by atoms with Crippen molar-refractivity contribution in [1.29, 1.82) is 0 Å². The topological polar surface area (TPSA) is 37.4 Å². The van der Waals surface area contributed by atoms with Crippen molar-refractivity contribution >= 4 is 17.0 Å². The highest BCUT2D eigenvalue weighted by Gasteiger charge is 2.22. The minimum atomic E-state index is 0.445. The summed E-state index contributed by atoms with van der Waals surface area (Å²) in [5.41, 5.74) is 5.55. The molecule has 23 heavy (non-hydrogen) atoms. The van der Waals surface area contributed by atoms with E-state index in [9.17, 15) is 0 Å². The average Bonchev–Trinajstić information content (AvgIpc) is 3.20. The summed E-state index contributed by atoms with van der Waals surface area (Å²) in [4.78, 5) is 6.65. The lowest BCUT2D eigenvalue weighted by Crippen LogP contribution is -2.26. The molecule has 2 aromatic rings.